The minimum absolute atomic E-state index is 0.0608. The van der Waals surface area contributed by atoms with Gasteiger partial charge in [0.2, 0.25) is 0 Å². The summed E-state index contributed by atoms with van der Waals surface area (Å²) in [7, 11) is 3.71. The van der Waals surface area contributed by atoms with Crippen LogP contribution < -0.4 is 15.4 Å². The lowest BCUT2D eigenvalue weighted by Gasteiger charge is -2.22. The molecule has 0 saturated heterocycles. The van der Waals surface area contributed by atoms with Crippen molar-refractivity contribution >= 4 is 11.4 Å². The molecule has 2 aromatic carbocycles. The van der Waals surface area contributed by atoms with Gasteiger partial charge in [0.05, 0.1) is 12.8 Å². The van der Waals surface area contributed by atoms with Crippen LogP contribution in [0, 0.1) is 0 Å². The molecule has 0 bridgehead atoms. The highest BCUT2D eigenvalue weighted by atomic mass is 16.5. The molecule has 0 radical (unpaired) electrons. The quantitative estimate of drug-likeness (QED) is 0.910. The Labute approximate surface area is 114 Å². The van der Waals surface area contributed by atoms with Crippen LogP contribution in [0.1, 0.15) is 18.5 Å². The van der Waals surface area contributed by atoms with Crippen LogP contribution in [0.3, 0.4) is 0 Å². The SMILES string of the molecule is COc1ccccc1N(C)c1ccc([C@@H](C)N)cc1. The number of nitrogens with zero attached hydrogens (tertiary/aromatic N) is 1. The molecule has 0 aromatic heterocycles. The van der Waals surface area contributed by atoms with Crippen LogP contribution in [-0.4, -0.2) is 14.2 Å². The first kappa shape index (κ1) is 13.4. The molecule has 0 amide bonds. The van der Waals surface area contributed by atoms with Gasteiger partial charge in [0, 0.05) is 18.8 Å². The Morgan fingerprint density at radius 2 is 1.68 bits per heavy atom. The molecule has 19 heavy (non-hydrogen) atoms. The monoisotopic (exact) mass is 256 g/mol. The van der Waals surface area contributed by atoms with Gasteiger partial charge in [-0.25, -0.2) is 0 Å². The van der Waals surface area contributed by atoms with E-state index in [0.717, 1.165) is 22.7 Å². The molecule has 0 aliphatic heterocycles. The van der Waals surface area contributed by atoms with Gasteiger partial charge in [-0.05, 0) is 36.8 Å². The van der Waals surface area contributed by atoms with E-state index in [-0.39, 0.29) is 6.04 Å². The third-order valence-corrected chi connectivity index (χ3v) is 3.25. The Hall–Kier alpha value is -2.00. The maximum atomic E-state index is 5.86. The number of methoxy groups -OCH3 is 1. The van der Waals surface area contributed by atoms with Crippen LogP contribution in [0.15, 0.2) is 48.5 Å². The normalized spacial score (nSPS) is 12.0. The molecule has 1 atom stereocenters. The largest absolute Gasteiger partial charge is 0.495 e. The van der Waals surface area contributed by atoms with E-state index in [9.17, 15) is 0 Å². The van der Waals surface area contributed by atoms with Gasteiger partial charge >= 0.3 is 0 Å². The van der Waals surface area contributed by atoms with E-state index in [2.05, 4.69) is 29.2 Å². The molecular formula is C16H20N2O. The van der Waals surface area contributed by atoms with Crippen molar-refractivity contribution in [3.63, 3.8) is 0 Å². The molecule has 2 aromatic rings. The fraction of sp³-hybridized carbons (Fsp3) is 0.250. The van der Waals surface area contributed by atoms with Crippen LogP contribution >= 0.6 is 0 Å². The zero-order valence-electron chi connectivity index (χ0n) is 11.6. The van der Waals surface area contributed by atoms with Crippen molar-refractivity contribution in [2.45, 2.75) is 13.0 Å². The summed E-state index contributed by atoms with van der Waals surface area (Å²) >= 11 is 0. The van der Waals surface area contributed by atoms with Crippen molar-refractivity contribution in [2.24, 2.45) is 5.73 Å². The Bertz CT molecular complexity index is 535. The van der Waals surface area contributed by atoms with Crippen LogP contribution in [0.4, 0.5) is 11.4 Å². The van der Waals surface area contributed by atoms with Gasteiger partial charge < -0.3 is 15.4 Å². The molecular weight excluding hydrogens is 236 g/mol. The summed E-state index contributed by atoms with van der Waals surface area (Å²) in [4.78, 5) is 2.10. The van der Waals surface area contributed by atoms with Gasteiger partial charge in [-0.2, -0.15) is 0 Å². The second kappa shape index (κ2) is 5.76. The molecule has 0 heterocycles. The lowest BCUT2D eigenvalue weighted by Crippen LogP contribution is -2.11. The highest BCUT2D eigenvalue weighted by Gasteiger charge is 2.09. The number of nitrogens with two attached hydrogens (primary N) is 1. The van der Waals surface area contributed by atoms with E-state index in [0.29, 0.717) is 0 Å². The predicted octanol–water partition coefficient (Wildman–Crippen LogP) is 3.48. The molecule has 2 N–H and O–H groups in total. The van der Waals surface area contributed by atoms with Crippen LogP contribution in [0.2, 0.25) is 0 Å². The first-order chi connectivity index (χ1) is 9.13. The molecule has 0 unspecified atom stereocenters. The molecule has 100 valence electrons. The lowest BCUT2D eigenvalue weighted by molar-refractivity contribution is 0.415. The smallest absolute Gasteiger partial charge is 0.142 e. The fourth-order valence-electron chi connectivity index (χ4n) is 2.05. The van der Waals surface area contributed by atoms with Crippen LogP contribution in [-0.2, 0) is 0 Å². The minimum Gasteiger partial charge on any atom is -0.495 e. The van der Waals surface area contributed by atoms with E-state index in [4.69, 9.17) is 10.5 Å². The summed E-state index contributed by atoms with van der Waals surface area (Å²) in [5.41, 5.74) is 9.15. The number of rotatable bonds is 4. The average molecular weight is 256 g/mol. The van der Waals surface area contributed by atoms with Crippen LogP contribution in [0.5, 0.6) is 5.75 Å². The summed E-state index contributed by atoms with van der Waals surface area (Å²) in [5, 5.41) is 0. The van der Waals surface area contributed by atoms with Gasteiger partial charge in [0.1, 0.15) is 5.75 Å². The van der Waals surface area contributed by atoms with E-state index in [1.807, 2.05) is 38.2 Å². The summed E-state index contributed by atoms with van der Waals surface area (Å²) in [6.07, 6.45) is 0. The molecule has 0 aliphatic rings. The molecule has 0 spiro atoms. The van der Waals surface area contributed by atoms with Crippen molar-refractivity contribution in [3.8, 4) is 5.75 Å². The van der Waals surface area contributed by atoms with Gasteiger partial charge in [0.15, 0.2) is 0 Å². The highest BCUT2D eigenvalue weighted by molar-refractivity contribution is 5.68. The van der Waals surface area contributed by atoms with E-state index >= 15 is 0 Å². The number of hydrogen-bond donors (Lipinski definition) is 1. The molecule has 0 saturated carbocycles. The predicted molar refractivity (Wildman–Crippen MR) is 80.1 cm³/mol. The van der Waals surface area contributed by atoms with E-state index in [1.165, 1.54) is 0 Å². The van der Waals surface area contributed by atoms with Gasteiger partial charge in [-0.15, -0.1) is 0 Å². The number of benzene rings is 2. The lowest BCUT2D eigenvalue weighted by atomic mass is 10.1. The Kier molecular flexibility index (Phi) is 4.07. The summed E-state index contributed by atoms with van der Waals surface area (Å²) < 4.78 is 5.39. The Morgan fingerprint density at radius 1 is 1.05 bits per heavy atom. The number of hydrogen-bond acceptors (Lipinski definition) is 3. The molecule has 3 nitrogen and oxygen atoms in total. The second-order valence-electron chi connectivity index (χ2n) is 4.61. The maximum absolute atomic E-state index is 5.86. The van der Waals surface area contributed by atoms with Crippen molar-refractivity contribution in [1.29, 1.82) is 0 Å². The van der Waals surface area contributed by atoms with Gasteiger partial charge in [-0.1, -0.05) is 24.3 Å². The second-order valence-corrected chi connectivity index (χ2v) is 4.61. The minimum atomic E-state index is 0.0608. The zero-order chi connectivity index (χ0) is 13.8. The first-order valence-corrected chi connectivity index (χ1v) is 6.35. The van der Waals surface area contributed by atoms with Crippen molar-refractivity contribution in [2.75, 3.05) is 19.1 Å². The standard InChI is InChI=1S/C16H20N2O/c1-12(17)13-8-10-14(11-9-13)18(2)15-6-4-5-7-16(15)19-3/h4-12H,17H2,1-3H3/t12-/m1/s1. The average Bonchev–Trinajstić information content (AvgIpc) is 2.46. The van der Waals surface area contributed by atoms with Crippen molar-refractivity contribution < 1.29 is 4.74 Å². The highest BCUT2D eigenvalue weighted by Crippen LogP contribution is 2.32. The molecule has 2 rings (SSSR count). The maximum Gasteiger partial charge on any atom is 0.142 e. The third-order valence-electron chi connectivity index (χ3n) is 3.25. The topological polar surface area (TPSA) is 38.5 Å². The first-order valence-electron chi connectivity index (χ1n) is 6.35. The zero-order valence-corrected chi connectivity index (χ0v) is 11.6. The van der Waals surface area contributed by atoms with Crippen LogP contribution in [0.25, 0.3) is 0 Å². The molecule has 3 heteroatoms. The summed E-state index contributed by atoms with van der Waals surface area (Å²) in [6, 6.07) is 16.3. The summed E-state index contributed by atoms with van der Waals surface area (Å²) in [5.74, 6) is 0.862. The number of para-hydroxylation sites is 2. The number of anilines is 2. The van der Waals surface area contributed by atoms with E-state index < -0.39 is 0 Å². The molecule has 0 aliphatic carbocycles. The van der Waals surface area contributed by atoms with Crippen molar-refractivity contribution in [3.05, 3.63) is 54.1 Å². The number of ether oxygens (including phenoxy) is 1. The van der Waals surface area contributed by atoms with Gasteiger partial charge in [0.25, 0.3) is 0 Å². The Balaban J connectivity index is 2.30. The molecule has 0 fully saturated rings. The van der Waals surface area contributed by atoms with E-state index in [1.54, 1.807) is 7.11 Å². The Morgan fingerprint density at radius 3 is 2.26 bits per heavy atom. The fourth-order valence-corrected chi connectivity index (χ4v) is 2.05. The van der Waals surface area contributed by atoms with Crippen molar-refractivity contribution in [1.82, 2.24) is 0 Å². The third kappa shape index (κ3) is 2.88. The summed E-state index contributed by atoms with van der Waals surface area (Å²) in [6.45, 7) is 1.99. The van der Waals surface area contributed by atoms with Gasteiger partial charge in [-0.3, -0.25) is 0 Å².